The minimum absolute atomic E-state index is 0.0441. The van der Waals surface area contributed by atoms with Crippen LogP contribution in [0.25, 0.3) is 0 Å². The molecule has 2 fully saturated rings. The summed E-state index contributed by atoms with van der Waals surface area (Å²) in [5.41, 5.74) is 1.88. The third-order valence-electron chi connectivity index (χ3n) is 5.30. The summed E-state index contributed by atoms with van der Waals surface area (Å²) >= 11 is 0. The first-order valence-electron chi connectivity index (χ1n) is 9.29. The second kappa shape index (κ2) is 7.07. The van der Waals surface area contributed by atoms with Crippen molar-refractivity contribution in [3.05, 3.63) is 52.2 Å². The molecule has 1 saturated heterocycles. The van der Waals surface area contributed by atoms with Crippen LogP contribution in [0.2, 0.25) is 0 Å². The zero-order chi connectivity index (χ0) is 18.1. The zero-order valence-electron chi connectivity index (χ0n) is 15.2. The fraction of sp³-hybridized carbons (Fsp3) is 0.526. The molecule has 138 valence electrons. The van der Waals surface area contributed by atoms with Gasteiger partial charge in [-0.15, -0.1) is 0 Å². The van der Waals surface area contributed by atoms with Crippen molar-refractivity contribution in [1.29, 1.82) is 0 Å². The summed E-state index contributed by atoms with van der Waals surface area (Å²) in [5.74, 6) is 0.729. The fourth-order valence-electron chi connectivity index (χ4n) is 3.51. The molecule has 0 aromatic carbocycles. The van der Waals surface area contributed by atoms with E-state index in [1.807, 2.05) is 21.7 Å². The number of amides is 1. The Kier molecular flexibility index (Phi) is 4.63. The minimum Gasteiger partial charge on any atom is -0.335 e. The summed E-state index contributed by atoms with van der Waals surface area (Å²) in [6.45, 7) is 4.77. The van der Waals surface area contributed by atoms with Crippen LogP contribution in [0.3, 0.4) is 0 Å². The maximum absolute atomic E-state index is 12.5. The zero-order valence-corrected chi connectivity index (χ0v) is 15.2. The average Bonchev–Trinajstić information content (AvgIpc) is 3.36. The Balaban J connectivity index is 1.34. The molecule has 2 aliphatic rings. The highest BCUT2D eigenvalue weighted by molar-refractivity contribution is 5.92. The van der Waals surface area contributed by atoms with Gasteiger partial charge >= 0.3 is 0 Å². The van der Waals surface area contributed by atoms with Gasteiger partial charge in [-0.1, -0.05) is 6.07 Å². The van der Waals surface area contributed by atoms with Crippen LogP contribution >= 0.6 is 0 Å². The van der Waals surface area contributed by atoms with E-state index in [2.05, 4.69) is 10.00 Å². The molecule has 0 radical (unpaired) electrons. The van der Waals surface area contributed by atoms with Crippen molar-refractivity contribution in [1.82, 2.24) is 24.1 Å². The third-order valence-corrected chi connectivity index (χ3v) is 5.30. The predicted molar refractivity (Wildman–Crippen MR) is 97.8 cm³/mol. The van der Waals surface area contributed by atoms with Gasteiger partial charge in [0.2, 0.25) is 0 Å². The molecular weight excluding hydrogens is 330 g/mol. The molecule has 7 heteroatoms. The Morgan fingerprint density at radius 3 is 2.58 bits per heavy atom. The Morgan fingerprint density at radius 2 is 1.92 bits per heavy atom. The molecule has 1 saturated carbocycles. The van der Waals surface area contributed by atoms with E-state index in [-0.39, 0.29) is 11.5 Å². The van der Waals surface area contributed by atoms with Gasteiger partial charge in [-0.3, -0.25) is 19.2 Å². The predicted octanol–water partition coefficient (Wildman–Crippen LogP) is 0.950. The van der Waals surface area contributed by atoms with Crippen LogP contribution in [0.4, 0.5) is 0 Å². The van der Waals surface area contributed by atoms with Crippen LogP contribution in [-0.4, -0.2) is 56.2 Å². The molecule has 0 bridgehead atoms. The number of carbonyl (C=O) groups is 1. The number of piperazine rings is 1. The van der Waals surface area contributed by atoms with Crippen LogP contribution in [0, 0.1) is 5.92 Å². The SMILES string of the molecule is Cn1nccc1C(=O)N1CCN(Cc2ccc(=O)n(CC3CC3)c2)CC1. The lowest BCUT2D eigenvalue weighted by atomic mass is 10.2. The first-order chi connectivity index (χ1) is 12.6. The normalized spacial score (nSPS) is 18.3. The van der Waals surface area contributed by atoms with Gasteiger partial charge in [-0.25, -0.2) is 0 Å². The molecule has 0 atom stereocenters. The van der Waals surface area contributed by atoms with Crippen molar-refractivity contribution < 1.29 is 4.79 Å². The number of nitrogens with zero attached hydrogens (tertiary/aromatic N) is 5. The molecule has 2 aromatic rings. The average molecular weight is 355 g/mol. The number of pyridine rings is 1. The van der Waals surface area contributed by atoms with Crippen molar-refractivity contribution in [3.8, 4) is 0 Å². The highest BCUT2D eigenvalue weighted by Gasteiger charge is 2.24. The van der Waals surface area contributed by atoms with E-state index in [9.17, 15) is 9.59 Å². The van der Waals surface area contributed by atoms with Crippen molar-refractivity contribution in [2.75, 3.05) is 26.2 Å². The summed E-state index contributed by atoms with van der Waals surface area (Å²) in [5, 5.41) is 4.07. The van der Waals surface area contributed by atoms with Crippen LogP contribution < -0.4 is 5.56 Å². The number of aromatic nitrogens is 3. The van der Waals surface area contributed by atoms with E-state index in [0.29, 0.717) is 24.7 Å². The molecule has 0 spiro atoms. The first-order valence-corrected chi connectivity index (χ1v) is 9.29. The molecule has 0 N–H and O–H groups in total. The molecule has 0 unspecified atom stereocenters. The Hall–Kier alpha value is -2.41. The molecule has 4 rings (SSSR count). The number of hydrogen-bond donors (Lipinski definition) is 0. The van der Waals surface area contributed by atoms with E-state index in [1.165, 1.54) is 12.8 Å². The van der Waals surface area contributed by atoms with Crippen molar-refractivity contribution in [2.24, 2.45) is 13.0 Å². The highest BCUT2D eigenvalue weighted by atomic mass is 16.2. The lowest BCUT2D eigenvalue weighted by molar-refractivity contribution is 0.0617. The van der Waals surface area contributed by atoms with Crippen molar-refractivity contribution in [3.63, 3.8) is 0 Å². The number of aryl methyl sites for hydroxylation is 1. The topological polar surface area (TPSA) is 63.4 Å². The molecule has 1 aliphatic carbocycles. The molecule has 1 amide bonds. The molecule has 3 heterocycles. The van der Waals surface area contributed by atoms with Gasteiger partial charge < -0.3 is 9.47 Å². The highest BCUT2D eigenvalue weighted by Crippen LogP contribution is 2.30. The smallest absolute Gasteiger partial charge is 0.272 e. The van der Waals surface area contributed by atoms with E-state index in [4.69, 9.17) is 0 Å². The molecular formula is C19H25N5O2. The lowest BCUT2D eigenvalue weighted by Crippen LogP contribution is -2.48. The number of hydrogen-bond acceptors (Lipinski definition) is 4. The van der Waals surface area contributed by atoms with Gasteiger partial charge in [-0.2, -0.15) is 5.10 Å². The Labute approximate surface area is 152 Å². The van der Waals surface area contributed by atoms with E-state index in [0.717, 1.165) is 31.7 Å². The summed E-state index contributed by atoms with van der Waals surface area (Å²) in [4.78, 5) is 28.8. The Morgan fingerprint density at radius 1 is 1.15 bits per heavy atom. The second-order valence-corrected chi connectivity index (χ2v) is 7.38. The quantitative estimate of drug-likeness (QED) is 0.801. The monoisotopic (exact) mass is 355 g/mol. The molecule has 2 aromatic heterocycles. The largest absolute Gasteiger partial charge is 0.335 e. The fourth-order valence-corrected chi connectivity index (χ4v) is 3.51. The Bertz CT molecular complexity index is 844. The molecule has 26 heavy (non-hydrogen) atoms. The second-order valence-electron chi connectivity index (χ2n) is 7.38. The van der Waals surface area contributed by atoms with E-state index in [1.54, 1.807) is 30.1 Å². The van der Waals surface area contributed by atoms with Gasteiger partial charge in [-0.05, 0) is 30.4 Å². The standard InChI is InChI=1S/C19H25N5O2/c1-21-17(6-7-20-21)19(26)23-10-8-22(9-11-23)12-16-4-5-18(25)24(14-16)13-15-2-3-15/h4-7,14-15H,2-3,8-13H2,1H3. The maximum Gasteiger partial charge on any atom is 0.272 e. The van der Waals surface area contributed by atoms with E-state index >= 15 is 0 Å². The summed E-state index contributed by atoms with van der Waals surface area (Å²) in [6, 6.07) is 5.37. The van der Waals surface area contributed by atoms with Crippen LogP contribution in [0.5, 0.6) is 0 Å². The van der Waals surface area contributed by atoms with Crippen LogP contribution in [-0.2, 0) is 20.1 Å². The minimum atomic E-state index is 0.0441. The number of rotatable bonds is 5. The first kappa shape index (κ1) is 17.0. The molecule has 1 aliphatic heterocycles. The van der Waals surface area contributed by atoms with Crippen molar-refractivity contribution in [2.45, 2.75) is 25.9 Å². The summed E-state index contributed by atoms with van der Waals surface area (Å²) in [7, 11) is 1.79. The van der Waals surface area contributed by atoms with Gasteiger partial charge in [0.15, 0.2) is 0 Å². The third kappa shape index (κ3) is 3.72. The van der Waals surface area contributed by atoms with E-state index < -0.39 is 0 Å². The van der Waals surface area contributed by atoms with Gasteiger partial charge in [0, 0.05) is 64.8 Å². The van der Waals surface area contributed by atoms with Gasteiger partial charge in [0.1, 0.15) is 5.69 Å². The van der Waals surface area contributed by atoms with Crippen LogP contribution in [0.15, 0.2) is 35.4 Å². The summed E-state index contributed by atoms with van der Waals surface area (Å²) < 4.78 is 3.48. The van der Waals surface area contributed by atoms with Gasteiger partial charge in [0.05, 0.1) is 0 Å². The lowest BCUT2D eigenvalue weighted by Gasteiger charge is -2.34. The number of carbonyl (C=O) groups excluding carboxylic acids is 1. The molecule has 7 nitrogen and oxygen atoms in total. The van der Waals surface area contributed by atoms with Crippen molar-refractivity contribution >= 4 is 5.91 Å². The van der Waals surface area contributed by atoms with Gasteiger partial charge in [0.25, 0.3) is 11.5 Å². The summed E-state index contributed by atoms with van der Waals surface area (Å²) in [6.07, 6.45) is 6.14. The van der Waals surface area contributed by atoms with Crippen LogP contribution in [0.1, 0.15) is 28.9 Å². The maximum atomic E-state index is 12.5.